The molecule has 0 spiro atoms. The van der Waals surface area contributed by atoms with Crippen LogP contribution in [0.5, 0.6) is 0 Å². The fourth-order valence-electron chi connectivity index (χ4n) is 4.87. The molecule has 1 aliphatic rings. The lowest BCUT2D eigenvalue weighted by atomic mass is 9.85. The largest absolute Gasteiger partial charge is 0.353 e. The lowest BCUT2D eigenvalue weighted by molar-refractivity contribution is -0.122. The van der Waals surface area contributed by atoms with Gasteiger partial charge in [-0.2, -0.15) is 5.10 Å². The first-order valence-electron chi connectivity index (χ1n) is 12.4. The summed E-state index contributed by atoms with van der Waals surface area (Å²) in [5.74, 6) is 0.178. The zero-order valence-corrected chi connectivity index (χ0v) is 19.9. The van der Waals surface area contributed by atoms with E-state index in [2.05, 4.69) is 54.7 Å². The monoisotopic (exact) mass is 485 g/mol. The van der Waals surface area contributed by atoms with Crippen LogP contribution in [-0.2, 0) is 4.79 Å². The third-order valence-corrected chi connectivity index (χ3v) is 7.08. The molecular weight excluding hydrogens is 462 g/mol. The zero-order valence-electron chi connectivity index (χ0n) is 19.9. The van der Waals surface area contributed by atoms with Crippen LogP contribution in [0, 0.1) is 5.92 Å². The first-order valence-corrected chi connectivity index (χ1v) is 12.4. The van der Waals surface area contributed by atoms with Gasteiger partial charge in [-0.1, -0.05) is 24.6 Å². The summed E-state index contributed by atoms with van der Waals surface area (Å²) >= 11 is 0. The van der Waals surface area contributed by atoms with Crippen LogP contribution in [0.25, 0.3) is 55.7 Å². The number of carbonyl (C=O) groups is 1. The van der Waals surface area contributed by atoms with Gasteiger partial charge in [0.25, 0.3) is 0 Å². The molecule has 5 aromatic heterocycles. The van der Waals surface area contributed by atoms with Gasteiger partial charge in [0, 0.05) is 46.5 Å². The third kappa shape index (κ3) is 3.83. The SMILES string of the molecule is O=C(Nc1cncc(-c2ccc3[nH]nc(-c4cc5c(-c6cccnc6)cccc5[nH]4)c3n2)c1)C1CCC1. The summed E-state index contributed by atoms with van der Waals surface area (Å²) in [6.45, 7) is 0. The number of hydrogen-bond acceptors (Lipinski definition) is 5. The number of anilines is 1. The second kappa shape index (κ2) is 8.67. The van der Waals surface area contributed by atoms with Crippen LogP contribution in [0.15, 0.2) is 79.4 Å². The summed E-state index contributed by atoms with van der Waals surface area (Å²) in [5, 5.41) is 11.8. The minimum Gasteiger partial charge on any atom is -0.353 e. The number of pyridine rings is 3. The van der Waals surface area contributed by atoms with Crippen LogP contribution in [0.1, 0.15) is 19.3 Å². The number of rotatable bonds is 5. The predicted octanol–water partition coefficient (Wildman–Crippen LogP) is 5.97. The highest BCUT2D eigenvalue weighted by molar-refractivity contribution is 6.00. The molecule has 1 aliphatic carbocycles. The molecule has 1 amide bonds. The van der Waals surface area contributed by atoms with Gasteiger partial charge in [0.15, 0.2) is 0 Å². The number of aromatic amines is 2. The molecule has 1 saturated carbocycles. The number of carbonyl (C=O) groups excluding carboxylic acids is 1. The van der Waals surface area contributed by atoms with E-state index in [0.29, 0.717) is 5.69 Å². The van der Waals surface area contributed by atoms with E-state index in [-0.39, 0.29) is 11.8 Å². The molecule has 8 heteroatoms. The van der Waals surface area contributed by atoms with Crippen molar-refractivity contribution in [2.45, 2.75) is 19.3 Å². The summed E-state index contributed by atoms with van der Waals surface area (Å²) in [6, 6.07) is 18.1. The molecule has 1 aromatic carbocycles. The van der Waals surface area contributed by atoms with Crippen LogP contribution < -0.4 is 5.32 Å². The van der Waals surface area contributed by atoms with Crippen molar-refractivity contribution in [3.8, 4) is 33.8 Å². The van der Waals surface area contributed by atoms with Crippen molar-refractivity contribution in [2.24, 2.45) is 5.92 Å². The minimum atomic E-state index is 0.0650. The van der Waals surface area contributed by atoms with Crippen molar-refractivity contribution in [3.05, 3.63) is 79.4 Å². The molecule has 0 saturated heterocycles. The zero-order chi connectivity index (χ0) is 24.8. The highest BCUT2D eigenvalue weighted by Gasteiger charge is 2.25. The molecule has 6 aromatic rings. The average Bonchev–Trinajstić information content (AvgIpc) is 3.52. The Morgan fingerprint density at radius 1 is 0.919 bits per heavy atom. The van der Waals surface area contributed by atoms with Gasteiger partial charge in [0.1, 0.15) is 11.2 Å². The molecule has 5 heterocycles. The van der Waals surface area contributed by atoms with E-state index >= 15 is 0 Å². The van der Waals surface area contributed by atoms with Gasteiger partial charge in [0.2, 0.25) is 5.91 Å². The second-order valence-corrected chi connectivity index (χ2v) is 9.44. The Labute approximate surface area is 212 Å². The Balaban J connectivity index is 1.26. The number of fused-ring (bicyclic) bond motifs is 2. The van der Waals surface area contributed by atoms with Crippen molar-refractivity contribution in [1.82, 2.24) is 30.1 Å². The first kappa shape index (κ1) is 21.4. The van der Waals surface area contributed by atoms with Crippen LogP contribution in [0.4, 0.5) is 5.69 Å². The van der Waals surface area contributed by atoms with Crippen LogP contribution in [-0.4, -0.2) is 36.0 Å². The molecule has 0 bridgehead atoms. The van der Waals surface area contributed by atoms with Crippen LogP contribution in [0.3, 0.4) is 0 Å². The van der Waals surface area contributed by atoms with Crippen LogP contribution in [0.2, 0.25) is 0 Å². The van der Waals surface area contributed by atoms with E-state index in [1.165, 1.54) is 0 Å². The Hall–Kier alpha value is -4.85. The number of H-pyrrole nitrogens is 2. The fraction of sp³-hybridized carbons (Fsp3) is 0.138. The van der Waals surface area contributed by atoms with Crippen molar-refractivity contribution in [1.29, 1.82) is 0 Å². The van der Waals surface area contributed by atoms with Gasteiger partial charge >= 0.3 is 0 Å². The highest BCUT2D eigenvalue weighted by Crippen LogP contribution is 2.34. The van der Waals surface area contributed by atoms with E-state index in [4.69, 9.17) is 4.98 Å². The average molecular weight is 486 g/mol. The quantitative estimate of drug-likeness (QED) is 0.279. The minimum absolute atomic E-state index is 0.0650. The van der Waals surface area contributed by atoms with E-state index in [9.17, 15) is 4.79 Å². The molecule has 0 unspecified atom stereocenters. The Kier molecular flexibility index (Phi) is 5.02. The van der Waals surface area contributed by atoms with E-state index in [0.717, 1.165) is 75.0 Å². The summed E-state index contributed by atoms with van der Waals surface area (Å²) in [6.07, 6.45) is 10.1. The summed E-state index contributed by atoms with van der Waals surface area (Å²) < 4.78 is 0. The maximum absolute atomic E-state index is 12.4. The van der Waals surface area contributed by atoms with Crippen molar-refractivity contribution < 1.29 is 4.79 Å². The normalized spacial score (nSPS) is 13.6. The van der Waals surface area contributed by atoms with E-state index in [1.807, 2.05) is 36.5 Å². The second-order valence-electron chi connectivity index (χ2n) is 9.44. The maximum Gasteiger partial charge on any atom is 0.227 e. The van der Waals surface area contributed by atoms with Crippen molar-refractivity contribution in [2.75, 3.05) is 5.32 Å². The van der Waals surface area contributed by atoms with Crippen molar-refractivity contribution in [3.63, 3.8) is 0 Å². The number of nitrogens with one attached hydrogen (secondary N) is 3. The van der Waals surface area contributed by atoms with Gasteiger partial charge < -0.3 is 10.3 Å². The number of nitrogens with zero attached hydrogens (tertiary/aromatic N) is 4. The van der Waals surface area contributed by atoms with Gasteiger partial charge in [-0.3, -0.25) is 19.9 Å². The molecule has 0 radical (unpaired) electrons. The molecule has 8 nitrogen and oxygen atoms in total. The van der Waals surface area contributed by atoms with Gasteiger partial charge in [-0.25, -0.2) is 4.98 Å². The lowest BCUT2D eigenvalue weighted by Crippen LogP contribution is -2.28. The molecule has 0 atom stereocenters. The molecule has 3 N–H and O–H groups in total. The molecule has 1 fully saturated rings. The number of benzene rings is 1. The molecule has 0 aliphatic heterocycles. The molecular formula is C29H23N7O. The van der Waals surface area contributed by atoms with Gasteiger partial charge in [0.05, 0.1) is 28.8 Å². The van der Waals surface area contributed by atoms with Gasteiger partial charge in [-0.05, 0) is 54.8 Å². The summed E-state index contributed by atoms with van der Waals surface area (Å²) in [7, 11) is 0. The van der Waals surface area contributed by atoms with E-state index < -0.39 is 0 Å². The first-order chi connectivity index (χ1) is 18.2. The van der Waals surface area contributed by atoms with Gasteiger partial charge in [-0.15, -0.1) is 0 Å². The molecule has 180 valence electrons. The van der Waals surface area contributed by atoms with Crippen molar-refractivity contribution >= 4 is 33.5 Å². The maximum atomic E-state index is 12.4. The number of aromatic nitrogens is 6. The number of hydrogen-bond donors (Lipinski definition) is 3. The standard InChI is InChI=1S/C29H23N7O/c37-29(17-4-1-5-17)32-20-12-19(15-31-16-20)23-9-10-25-27(34-23)28(36-35-25)26-13-22-21(7-2-8-24(22)33-26)18-6-3-11-30-14-18/h2-3,6-17,33H,1,4-5H2,(H,32,37)(H,35,36). The number of amides is 1. The van der Waals surface area contributed by atoms with E-state index in [1.54, 1.807) is 18.6 Å². The molecule has 7 rings (SSSR count). The summed E-state index contributed by atoms with van der Waals surface area (Å²) in [4.78, 5) is 29.5. The highest BCUT2D eigenvalue weighted by atomic mass is 16.1. The smallest absolute Gasteiger partial charge is 0.227 e. The lowest BCUT2D eigenvalue weighted by Gasteiger charge is -2.24. The topological polar surface area (TPSA) is 112 Å². The predicted molar refractivity (Wildman–Crippen MR) is 144 cm³/mol. The summed E-state index contributed by atoms with van der Waals surface area (Å²) in [5.41, 5.74) is 8.67. The Bertz CT molecular complexity index is 1770. The molecule has 37 heavy (non-hydrogen) atoms. The third-order valence-electron chi connectivity index (χ3n) is 7.08. The Morgan fingerprint density at radius 3 is 2.68 bits per heavy atom. The van der Waals surface area contributed by atoms with Crippen LogP contribution >= 0.6 is 0 Å². The fourth-order valence-corrected chi connectivity index (χ4v) is 4.87. The Morgan fingerprint density at radius 2 is 1.84 bits per heavy atom.